The molecule has 0 aromatic carbocycles. The summed E-state index contributed by atoms with van der Waals surface area (Å²) in [5, 5.41) is 8.79. The van der Waals surface area contributed by atoms with Gasteiger partial charge in [-0.25, -0.2) is 4.79 Å². The van der Waals surface area contributed by atoms with Crippen molar-refractivity contribution in [3.8, 4) is 0 Å². The highest BCUT2D eigenvalue weighted by Crippen LogP contribution is 2.12. The van der Waals surface area contributed by atoms with E-state index in [1.54, 1.807) is 41.5 Å². The Labute approximate surface area is 133 Å². The van der Waals surface area contributed by atoms with E-state index in [4.69, 9.17) is 14.6 Å². The molecule has 0 atom stereocenters. The Morgan fingerprint density at radius 1 is 0.909 bits per heavy atom. The van der Waals surface area contributed by atoms with Crippen molar-refractivity contribution >= 4 is 12.1 Å². The molecule has 1 amide bonds. The van der Waals surface area contributed by atoms with Gasteiger partial charge >= 0.3 is 12.1 Å². The number of carbonyl (C=O) groups excluding carboxylic acids is 2. The minimum absolute atomic E-state index is 0.124. The van der Waals surface area contributed by atoms with Gasteiger partial charge in [-0.15, -0.1) is 0 Å². The molecular formula is C16H31NO5. The Morgan fingerprint density at radius 3 is 1.91 bits per heavy atom. The van der Waals surface area contributed by atoms with E-state index in [9.17, 15) is 9.59 Å². The van der Waals surface area contributed by atoms with Gasteiger partial charge in [0.25, 0.3) is 0 Å². The van der Waals surface area contributed by atoms with Crippen LogP contribution in [0.3, 0.4) is 0 Å². The highest BCUT2D eigenvalue weighted by atomic mass is 16.6. The first-order valence-electron chi connectivity index (χ1n) is 7.75. The molecule has 0 aromatic heterocycles. The molecule has 6 heteroatoms. The fraction of sp³-hybridized carbons (Fsp3) is 0.875. The van der Waals surface area contributed by atoms with Crippen LogP contribution >= 0.6 is 0 Å². The van der Waals surface area contributed by atoms with E-state index < -0.39 is 23.3 Å². The van der Waals surface area contributed by atoms with Gasteiger partial charge in [-0.3, -0.25) is 9.69 Å². The average Bonchev–Trinajstić information content (AvgIpc) is 2.28. The van der Waals surface area contributed by atoms with Crippen LogP contribution in [0.5, 0.6) is 0 Å². The third-order valence-corrected chi connectivity index (χ3v) is 2.48. The Bertz CT molecular complexity index is 355. The zero-order chi connectivity index (χ0) is 17.4. The van der Waals surface area contributed by atoms with Crippen LogP contribution in [-0.4, -0.2) is 53.0 Å². The molecular weight excluding hydrogens is 286 g/mol. The molecule has 0 heterocycles. The molecule has 0 rings (SSSR count). The Balaban J connectivity index is 4.64. The molecule has 0 aliphatic heterocycles. The molecule has 0 aliphatic carbocycles. The van der Waals surface area contributed by atoms with Crippen LogP contribution in [0, 0.1) is 0 Å². The zero-order valence-electron chi connectivity index (χ0n) is 14.8. The van der Waals surface area contributed by atoms with Gasteiger partial charge in [0.1, 0.15) is 17.7 Å². The van der Waals surface area contributed by atoms with Crippen molar-refractivity contribution in [2.75, 3.05) is 19.7 Å². The fourth-order valence-corrected chi connectivity index (χ4v) is 1.68. The highest BCUT2D eigenvalue weighted by Gasteiger charge is 2.26. The maximum atomic E-state index is 12.2. The highest BCUT2D eigenvalue weighted by molar-refractivity contribution is 5.78. The van der Waals surface area contributed by atoms with Crippen molar-refractivity contribution in [2.24, 2.45) is 0 Å². The first kappa shape index (κ1) is 20.7. The molecule has 0 radical (unpaired) electrons. The SMILES string of the molecule is CC(C)(C)OC(=O)CN(CCCCCO)C(=O)OC(C)(C)C. The first-order valence-corrected chi connectivity index (χ1v) is 7.75. The Morgan fingerprint density at radius 2 is 1.45 bits per heavy atom. The quantitative estimate of drug-likeness (QED) is 0.577. The molecule has 6 nitrogen and oxygen atoms in total. The largest absolute Gasteiger partial charge is 0.459 e. The van der Waals surface area contributed by atoms with Crippen LogP contribution in [0.4, 0.5) is 4.79 Å². The number of nitrogens with zero attached hydrogens (tertiary/aromatic N) is 1. The number of aliphatic hydroxyl groups excluding tert-OH is 1. The topological polar surface area (TPSA) is 76.1 Å². The summed E-state index contributed by atoms with van der Waals surface area (Å²) in [7, 11) is 0. The van der Waals surface area contributed by atoms with Gasteiger partial charge in [0.05, 0.1) is 0 Å². The van der Waals surface area contributed by atoms with Gasteiger partial charge in [-0.1, -0.05) is 0 Å². The molecule has 1 N–H and O–H groups in total. The van der Waals surface area contributed by atoms with E-state index >= 15 is 0 Å². The lowest BCUT2D eigenvalue weighted by Crippen LogP contribution is -2.42. The minimum Gasteiger partial charge on any atom is -0.459 e. The van der Waals surface area contributed by atoms with E-state index in [0.717, 1.165) is 6.42 Å². The van der Waals surface area contributed by atoms with E-state index in [2.05, 4.69) is 0 Å². The van der Waals surface area contributed by atoms with Gasteiger partial charge in [0.2, 0.25) is 0 Å². The van der Waals surface area contributed by atoms with Gasteiger partial charge in [0.15, 0.2) is 0 Å². The molecule has 0 unspecified atom stereocenters. The number of unbranched alkanes of at least 4 members (excludes halogenated alkanes) is 2. The third-order valence-electron chi connectivity index (χ3n) is 2.48. The molecule has 0 spiro atoms. The second-order valence-corrected chi connectivity index (χ2v) is 7.27. The number of hydrogen-bond donors (Lipinski definition) is 1. The third kappa shape index (κ3) is 11.4. The Kier molecular flexibility index (Phi) is 8.45. The van der Waals surface area contributed by atoms with Gasteiger partial charge in [0, 0.05) is 13.2 Å². The van der Waals surface area contributed by atoms with E-state index in [-0.39, 0.29) is 13.2 Å². The summed E-state index contributed by atoms with van der Waals surface area (Å²) in [6.45, 7) is 11.1. The molecule has 0 aliphatic rings. The number of carbonyl (C=O) groups is 2. The second-order valence-electron chi connectivity index (χ2n) is 7.27. The monoisotopic (exact) mass is 317 g/mol. The number of hydrogen-bond acceptors (Lipinski definition) is 5. The van der Waals surface area contributed by atoms with Crippen molar-refractivity contribution < 1.29 is 24.2 Å². The van der Waals surface area contributed by atoms with Crippen LogP contribution in [0.15, 0.2) is 0 Å². The predicted octanol–water partition coefficient (Wildman–Crippen LogP) is 2.73. The summed E-state index contributed by atoms with van der Waals surface area (Å²) in [6, 6.07) is 0. The maximum Gasteiger partial charge on any atom is 0.410 e. The van der Waals surface area contributed by atoms with E-state index in [0.29, 0.717) is 19.4 Å². The van der Waals surface area contributed by atoms with Crippen molar-refractivity contribution in [3.63, 3.8) is 0 Å². The Hall–Kier alpha value is -1.30. The number of ether oxygens (including phenoxy) is 2. The van der Waals surface area contributed by atoms with Crippen LogP contribution in [0.2, 0.25) is 0 Å². The van der Waals surface area contributed by atoms with Crippen LogP contribution < -0.4 is 0 Å². The van der Waals surface area contributed by atoms with Crippen LogP contribution in [0.25, 0.3) is 0 Å². The molecule has 0 fully saturated rings. The summed E-state index contributed by atoms with van der Waals surface area (Å²) in [5.41, 5.74) is -1.21. The summed E-state index contributed by atoms with van der Waals surface area (Å²) >= 11 is 0. The zero-order valence-corrected chi connectivity index (χ0v) is 14.8. The molecule has 130 valence electrons. The predicted molar refractivity (Wildman–Crippen MR) is 84.6 cm³/mol. The average molecular weight is 317 g/mol. The number of amides is 1. The molecule has 0 bridgehead atoms. The number of rotatable bonds is 7. The molecule has 0 saturated heterocycles. The molecule has 0 aromatic rings. The number of aliphatic hydroxyl groups is 1. The summed E-state index contributed by atoms with van der Waals surface area (Å²) < 4.78 is 10.6. The standard InChI is InChI=1S/C16H31NO5/c1-15(2,3)21-13(19)12-17(10-8-7-9-11-18)14(20)22-16(4,5)6/h18H,7-12H2,1-6H3. The van der Waals surface area contributed by atoms with Gasteiger partial charge in [-0.05, 0) is 60.8 Å². The normalized spacial score (nSPS) is 12.0. The summed E-state index contributed by atoms with van der Waals surface area (Å²) in [4.78, 5) is 25.4. The lowest BCUT2D eigenvalue weighted by atomic mass is 10.2. The summed E-state index contributed by atoms with van der Waals surface area (Å²) in [6.07, 6.45) is 1.63. The minimum atomic E-state index is -0.617. The van der Waals surface area contributed by atoms with Crippen molar-refractivity contribution in [1.82, 2.24) is 4.90 Å². The van der Waals surface area contributed by atoms with E-state index in [1.165, 1.54) is 4.90 Å². The van der Waals surface area contributed by atoms with Crippen molar-refractivity contribution in [1.29, 1.82) is 0 Å². The van der Waals surface area contributed by atoms with Crippen LogP contribution in [-0.2, 0) is 14.3 Å². The fourth-order valence-electron chi connectivity index (χ4n) is 1.68. The van der Waals surface area contributed by atoms with Crippen molar-refractivity contribution in [2.45, 2.75) is 72.0 Å². The lowest BCUT2D eigenvalue weighted by Gasteiger charge is -2.28. The van der Waals surface area contributed by atoms with Crippen molar-refractivity contribution in [3.05, 3.63) is 0 Å². The first-order chi connectivity index (χ1) is 9.94. The summed E-state index contributed by atoms with van der Waals surface area (Å²) in [5.74, 6) is -0.458. The lowest BCUT2D eigenvalue weighted by molar-refractivity contribution is -0.156. The van der Waals surface area contributed by atoms with Crippen LogP contribution in [0.1, 0.15) is 60.8 Å². The smallest absolute Gasteiger partial charge is 0.410 e. The molecule has 0 saturated carbocycles. The van der Waals surface area contributed by atoms with E-state index in [1.807, 2.05) is 0 Å². The maximum absolute atomic E-state index is 12.2. The van der Waals surface area contributed by atoms with Gasteiger partial charge in [-0.2, -0.15) is 0 Å². The second kappa shape index (κ2) is 8.98. The number of esters is 1. The molecule has 22 heavy (non-hydrogen) atoms. The van der Waals surface area contributed by atoms with Gasteiger partial charge < -0.3 is 14.6 Å².